The smallest absolute Gasteiger partial charge is 0.331 e. The van der Waals surface area contributed by atoms with E-state index in [0.717, 1.165) is 0 Å². The van der Waals surface area contributed by atoms with Gasteiger partial charge in [-0.2, -0.15) is 4.98 Å². The Morgan fingerprint density at radius 1 is 1.56 bits per heavy atom. The molecule has 16 heavy (non-hydrogen) atoms. The Labute approximate surface area is 91.5 Å². The molecule has 1 aromatic heterocycles. The molecule has 0 bridgehead atoms. The molecule has 8 nitrogen and oxygen atoms in total. The van der Waals surface area contributed by atoms with Crippen molar-refractivity contribution >= 4 is 11.5 Å². The lowest BCUT2D eigenvalue weighted by Crippen LogP contribution is -2.11. The van der Waals surface area contributed by atoms with Gasteiger partial charge < -0.3 is 14.9 Å². The number of hydrogen-bond donors (Lipinski definition) is 2. The van der Waals surface area contributed by atoms with E-state index in [2.05, 4.69) is 10.4 Å². The number of pyridine rings is 1. The van der Waals surface area contributed by atoms with E-state index in [1.54, 1.807) is 0 Å². The molecule has 0 aliphatic heterocycles. The molecule has 0 atom stereocenters. The number of methoxy groups -OCH3 is 1. The molecular weight excluding hydrogens is 216 g/mol. The number of anilines is 1. The monoisotopic (exact) mass is 228 g/mol. The summed E-state index contributed by atoms with van der Waals surface area (Å²) in [5.41, 5.74) is 2.07. The molecule has 0 amide bonds. The zero-order chi connectivity index (χ0) is 12.0. The maximum absolute atomic E-state index is 10.7. The summed E-state index contributed by atoms with van der Waals surface area (Å²) in [6, 6.07) is 2.66. The summed E-state index contributed by atoms with van der Waals surface area (Å²) in [5.74, 6) is 5.34. The van der Waals surface area contributed by atoms with Crippen LogP contribution in [0.15, 0.2) is 12.1 Å². The summed E-state index contributed by atoms with van der Waals surface area (Å²) in [6.45, 7) is 0.498. The third-order valence-corrected chi connectivity index (χ3v) is 1.71. The number of nitrogen functional groups attached to an aromatic ring is 1. The molecular formula is C8H12N4O4. The maximum Gasteiger partial charge on any atom is 0.331 e. The molecule has 1 rings (SSSR count). The topological polar surface area (TPSA) is 113 Å². The van der Waals surface area contributed by atoms with Crippen molar-refractivity contribution in [1.29, 1.82) is 0 Å². The first kappa shape index (κ1) is 12.1. The fraction of sp³-hybridized carbons (Fsp3) is 0.375. The van der Waals surface area contributed by atoms with Crippen molar-refractivity contribution in [2.75, 3.05) is 25.7 Å². The zero-order valence-corrected chi connectivity index (χ0v) is 8.67. The van der Waals surface area contributed by atoms with E-state index in [-0.39, 0.29) is 24.0 Å². The predicted octanol–water partition coefficient (Wildman–Crippen LogP) is 0.301. The van der Waals surface area contributed by atoms with Crippen LogP contribution in [0, 0.1) is 10.1 Å². The third-order valence-electron chi connectivity index (χ3n) is 1.71. The Bertz CT molecular complexity index is 371. The van der Waals surface area contributed by atoms with Crippen LogP contribution in [0.1, 0.15) is 0 Å². The zero-order valence-electron chi connectivity index (χ0n) is 8.67. The molecule has 0 aliphatic carbocycles. The van der Waals surface area contributed by atoms with Crippen LogP contribution in [0.5, 0.6) is 5.88 Å². The minimum Gasteiger partial charge on any atom is -0.470 e. The second-order valence-electron chi connectivity index (χ2n) is 2.76. The van der Waals surface area contributed by atoms with Crippen molar-refractivity contribution < 1.29 is 14.4 Å². The lowest BCUT2D eigenvalue weighted by Gasteiger charge is -2.06. The van der Waals surface area contributed by atoms with Crippen LogP contribution < -0.4 is 16.0 Å². The average molecular weight is 228 g/mol. The van der Waals surface area contributed by atoms with E-state index in [1.807, 2.05) is 0 Å². The minimum atomic E-state index is -0.574. The van der Waals surface area contributed by atoms with Crippen LogP contribution in [0.3, 0.4) is 0 Å². The Balaban J connectivity index is 2.87. The Hall–Kier alpha value is -1.93. The van der Waals surface area contributed by atoms with Crippen molar-refractivity contribution in [3.63, 3.8) is 0 Å². The van der Waals surface area contributed by atoms with Crippen molar-refractivity contribution in [1.82, 2.24) is 4.98 Å². The van der Waals surface area contributed by atoms with E-state index < -0.39 is 4.92 Å². The summed E-state index contributed by atoms with van der Waals surface area (Å²) >= 11 is 0. The maximum atomic E-state index is 10.7. The van der Waals surface area contributed by atoms with Crippen molar-refractivity contribution in [2.45, 2.75) is 0 Å². The van der Waals surface area contributed by atoms with Gasteiger partial charge in [0.1, 0.15) is 12.4 Å². The fourth-order valence-electron chi connectivity index (χ4n) is 0.980. The first-order chi connectivity index (χ1) is 7.69. The Kier molecular flexibility index (Phi) is 4.42. The normalized spacial score (nSPS) is 9.88. The fourth-order valence-corrected chi connectivity index (χ4v) is 0.980. The molecule has 0 unspecified atom stereocenters. The van der Waals surface area contributed by atoms with Gasteiger partial charge in [0.05, 0.1) is 11.5 Å². The highest BCUT2D eigenvalue weighted by Gasteiger charge is 2.17. The average Bonchev–Trinajstić information content (AvgIpc) is 2.29. The highest BCUT2D eigenvalue weighted by molar-refractivity contribution is 5.48. The molecule has 0 fully saturated rings. The lowest BCUT2D eigenvalue weighted by atomic mass is 10.4. The van der Waals surface area contributed by atoms with Gasteiger partial charge in [-0.15, -0.1) is 0 Å². The Morgan fingerprint density at radius 3 is 2.88 bits per heavy atom. The Morgan fingerprint density at radius 2 is 2.31 bits per heavy atom. The molecule has 0 saturated heterocycles. The van der Waals surface area contributed by atoms with Crippen molar-refractivity contribution in [3.8, 4) is 5.88 Å². The van der Waals surface area contributed by atoms with Gasteiger partial charge in [-0.1, -0.05) is 0 Å². The van der Waals surface area contributed by atoms with E-state index in [1.165, 1.54) is 19.2 Å². The van der Waals surface area contributed by atoms with Crippen LogP contribution in [0.25, 0.3) is 0 Å². The van der Waals surface area contributed by atoms with Crippen LogP contribution in [-0.4, -0.2) is 30.2 Å². The number of aromatic nitrogens is 1. The summed E-state index contributed by atoms with van der Waals surface area (Å²) in [5, 5.41) is 10.7. The number of ether oxygens (including phenoxy) is 2. The summed E-state index contributed by atoms with van der Waals surface area (Å²) in [6.07, 6.45) is 0. The van der Waals surface area contributed by atoms with E-state index in [4.69, 9.17) is 15.3 Å². The van der Waals surface area contributed by atoms with Gasteiger partial charge in [-0.05, 0) is 6.07 Å². The number of nitrogens with one attached hydrogen (secondary N) is 1. The van der Waals surface area contributed by atoms with Crippen LogP contribution in [0.2, 0.25) is 0 Å². The first-order valence-corrected chi connectivity index (χ1v) is 4.43. The standard InChI is InChI=1S/C8H12N4O4/c1-15-4-5-16-8-6(12(13)14)2-3-7(10-8)11-9/h2-3H,4-5,9H2,1H3,(H,10,11). The predicted molar refractivity (Wildman–Crippen MR) is 56.1 cm³/mol. The van der Waals surface area contributed by atoms with Gasteiger partial charge in [0.2, 0.25) is 0 Å². The number of hydrazine groups is 1. The molecule has 1 aromatic rings. The molecule has 3 N–H and O–H groups in total. The highest BCUT2D eigenvalue weighted by atomic mass is 16.6. The lowest BCUT2D eigenvalue weighted by molar-refractivity contribution is -0.386. The molecule has 8 heteroatoms. The minimum absolute atomic E-state index is 0.0856. The van der Waals surface area contributed by atoms with Crippen LogP contribution >= 0.6 is 0 Å². The van der Waals surface area contributed by atoms with Gasteiger partial charge in [-0.3, -0.25) is 10.1 Å². The van der Waals surface area contributed by atoms with Crippen LogP contribution in [-0.2, 0) is 4.74 Å². The summed E-state index contributed by atoms with van der Waals surface area (Å²) in [7, 11) is 1.50. The van der Waals surface area contributed by atoms with Gasteiger partial charge in [-0.25, -0.2) is 5.84 Å². The third kappa shape index (κ3) is 3.04. The molecule has 88 valence electrons. The van der Waals surface area contributed by atoms with Gasteiger partial charge in [0, 0.05) is 13.2 Å². The molecule has 0 radical (unpaired) electrons. The van der Waals surface area contributed by atoms with Crippen molar-refractivity contribution in [3.05, 3.63) is 22.2 Å². The second-order valence-corrected chi connectivity index (χ2v) is 2.76. The van der Waals surface area contributed by atoms with Gasteiger partial charge in [0.15, 0.2) is 0 Å². The van der Waals surface area contributed by atoms with Crippen molar-refractivity contribution in [2.24, 2.45) is 5.84 Å². The van der Waals surface area contributed by atoms with Gasteiger partial charge in [0.25, 0.3) is 5.88 Å². The molecule has 0 aromatic carbocycles. The molecule has 0 saturated carbocycles. The van der Waals surface area contributed by atoms with E-state index in [0.29, 0.717) is 6.61 Å². The quantitative estimate of drug-likeness (QED) is 0.311. The molecule has 0 aliphatic rings. The SMILES string of the molecule is COCCOc1nc(NN)ccc1[N+](=O)[O-]. The number of rotatable bonds is 6. The van der Waals surface area contributed by atoms with E-state index in [9.17, 15) is 10.1 Å². The molecule has 0 spiro atoms. The second kappa shape index (κ2) is 5.83. The first-order valence-electron chi connectivity index (χ1n) is 4.43. The highest BCUT2D eigenvalue weighted by Crippen LogP contribution is 2.25. The molecule has 1 heterocycles. The summed E-state index contributed by atoms with van der Waals surface area (Å²) in [4.78, 5) is 13.9. The van der Waals surface area contributed by atoms with E-state index >= 15 is 0 Å². The number of nitrogens with two attached hydrogens (primary N) is 1. The number of hydrogen-bond acceptors (Lipinski definition) is 7. The number of nitrogens with zero attached hydrogens (tertiary/aromatic N) is 2. The van der Waals surface area contributed by atoms with Gasteiger partial charge >= 0.3 is 5.69 Å². The number of nitro groups is 1. The van der Waals surface area contributed by atoms with Crippen LogP contribution in [0.4, 0.5) is 11.5 Å². The summed E-state index contributed by atoms with van der Waals surface area (Å²) < 4.78 is 9.87. The largest absolute Gasteiger partial charge is 0.470 e.